The van der Waals surface area contributed by atoms with Crippen LogP contribution < -0.4 is 0 Å². The Morgan fingerprint density at radius 2 is 1.72 bits per heavy atom. The highest BCUT2D eigenvalue weighted by atomic mass is 35.5. The van der Waals surface area contributed by atoms with E-state index in [1.165, 1.54) is 5.56 Å². The molecule has 0 N–H and O–H groups in total. The summed E-state index contributed by atoms with van der Waals surface area (Å²) >= 11 is 7.74. The fraction of sp³-hybridized carbons (Fsp3) is 0.263. The van der Waals surface area contributed by atoms with Crippen LogP contribution in [-0.2, 0) is 5.75 Å². The van der Waals surface area contributed by atoms with Crippen molar-refractivity contribution in [2.24, 2.45) is 0 Å². The first kappa shape index (κ1) is 18.0. The van der Waals surface area contributed by atoms with Gasteiger partial charge in [0, 0.05) is 16.5 Å². The maximum absolute atomic E-state index is 6.05. The molecule has 0 saturated heterocycles. The summed E-state index contributed by atoms with van der Waals surface area (Å²) in [5.41, 5.74) is 2.29. The minimum Gasteiger partial charge on any atom is -0.300 e. The predicted molar refractivity (Wildman–Crippen MR) is 104 cm³/mol. The summed E-state index contributed by atoms with van der Waals surface area (Å²) in [5, 5.41) is 10.5. The fourth-order valence-electron chi connectivity index (χ4n) is 2.43. The first-order valence-corrected chi connectivity index (χ1v) is 9.47. The summed E-state index contributed by atoms with van der Waals surface area (Å²) in [5.74, 6) is 1.77. The second kappa shape index (κ2) is 8.04. The van der Waals surface area contributed by atoms with Crippen molar-refractivity contribution >= 4 is 23.4 Å². The molecule has 3 rings (SSSR count). The van der Waals surface area contributed by atoms with Gasteiger partial charge in [-0.2, -0.15) is 0 Å². The number of hydrogen-bond donors (Lipinski definition) is 0. The van der Waals surface area contributed by atoms with Gasteiger partial charge in [-0.15, -0.1) is 10.2 Å². The Bertz CT molecular complexity index is 815. The number of rotatable bonds is 6. The minimum absolute atomic E-state index is 0.147. The highest BCUT2D eigenvalue weighted by Crippen LogP contribution is 2.29. The molecule has 2 aromatic carbocycles. The number of aromatic nitrogens is 3. The van der Waals surface area contributed by atoms with Gasteiger partial charge in [-0.1, -0.05) is 53.7 Å². The standard InChI is InChI=1S/C19H21ClN4S/c1-14(23(2)3)18-21-22-19(25-13-15-7-5-4-6-8-15)24(18)17-11-9-16(20)10-12-17/h4-12,14H,13H2,1-3H3. The maximum Gasteiger partial charge on any atom is 0.196 e. The Balaban J connectivity index is 1.95. The molecule has 0 aliphatic carbocycles. The molecule has 3 aromatic rings. The molecule has 130 valence electrons. The van der Waals surface area contributed by atoms with Crippen molar-refractivity contribution < 1.29 is 0 Å². The van der Waals surface area contributed by atoms with Crippen LogP contribution in [0.25, 0.3) is 5.69 Å². The van der Waals surface area contributed by atoms with Crippen LogP contribution in [0.15, 0.2) is 59.8 Å². The first-order chi connectivity index (χ1) is 12.1. The van der Waals surface area contributed by atoms with Gasteiger partial charge in [0.05, 0.1) is 6.04 Å². The minimum atomic E-state index is 0.147. The fourth-order valence-corrected chi connectivity index (χ4v) is 3.47. The molecule has 0 spiro atoms. The van der Waals surface area contributed by atoms with Crippen LogP contribution in [0.3, 0.4) is 0 Å². The molecule has 0 aliphatic rings. The van der Waals surface area contributed by atoms with E-state index in [1.807, 2.05) is 44.4 Å². The van der Waals surface area contributed by atoms with Gasteiger partial charge in [0.25, 0.3) is 0 Å². The van der Waals surface area contributed by atoms with Crippen LogP contribution in [0.4, 0.5) is 0 Å². The lowest BCUT2D eigenvalue weighted by Gasteiger charge is -2.20. The van der Waals surface area contributed by atoms with Crippen LogP contribution in [0.2, 0.25) is 5.02 Å². The molecular weight excluding hydrogens is 352 g/mol. The monoisotopic (exact) mass is 372 g/mol. The largest absolute Gasteiger partial charge is 0.300 e. The summed E-state index contributed by atoms with van der Waals surface area (Å²) in [4.78, 5) is 2.13. The summed E-state index contributed by atoms with van der Waals surface area (Å²) in [7, 11) is 4.09. The zero-order valence-corrected chi connectivity index (χ0v) is 16.1. The molecule has 4 nitrogen and oxygen atoms in total. The number of thioether (sulfide) groups is 1. The van der Waals surface area contributed by atoms with Gasteiger partial charge in [-0.25, -0.2) is 0 Å². The quantitative estimate of drug-likeness (QED) is 0.580. The van der Waals surface area contributed by atoms with Gasteiger partial charge in [0.1, 0.15) is 0 Å². The summed E-state index contributed by atoms with van der Waals surface area (Å²) in [6.45, 7) is 2.13. The lowest BCUT2D eigenvalue weighted by molar-refractivity contribution is 0.305. The first-order valence-electron chi connectivity index (χ1n) is 8.10. The van der Waals surface area contributed by atoms with E-state index in [1.54, 1.807) is 11.8 Å². The van der Waals surface area contributed by atoms with Gasteiger partial charge in [0.15, 0.2) is 11.0 Å². The van der Waals surface area contributed by atoms with Crippen molar-refractivity contribution in [2.75, 3.05) is 14.1 Å². The lowest BCUT2D eigenvalue weighted by Crippen LogP contribution is -2.20. The number of nitrogens with zero attached hydrogens (tertiary/aromatic N) is 4. The van der Waals surface area contributed by atoms with E-state index in [0.29, 0.717) is 0 Å². The Morgan fingerprint density at radius 1 is 1.04 bits per heavy atom. The van der Waals surface area contributed by atoms with E-state index in [2.05, 4.69) is 50.9 Å². The number of halogens is 1. The third-order valence-corrected chi connectivity index (χ3v) is 5.35. The van der Waals surface area contributed by atoms with Crippen LogP contribution >= 0.6 is 23.4 Å². The molecule has 1 atom stereocenters. The normalized spacial score (nSPS) is 12.5. The molecule has 0 saturated carbocycles. The second-order valence-corrected chi connectivity index (χ2v) is 7.45. The van der Waals surface area contributed by atoms with Crippen LogP contribution in [-0.4, -0.2) is 33.8 Å². The van der Waals surface area contributed by atoms with Crippen molar-refractivity contribution in [3.8, 4) is 5.69 Å². The highest BCUT2D eigenvalue weighted by Gasteiger charge is 2.20. The molecule has 0 fully saturated rings. The van der Waals surface area contributed by atoms with Crippen molar-refractivity contribution in [1.29, 1.82) is 0 Å². The molecular formula is C19H21ClN4S. The number of hydrogen-bond acceptors (Lipinski definition) is 4. The van der Waals surface area contributed by atoms with Gasteiger partial charge in [-0.3, -0.25) is 9.47 Å². The molecule has 0 radical (unpaired) electrons. The molecule has 1 aromatic heterocycles. The van der Waals surface area contributed by atoms with Crippen molar-refractivity contribution in [3.05, 3.63) is 71.0 Å². The van der Waals surface area contributed by atoms with E-state index in [9.17, 15) is 0 Å². The lowest BCUT2D eigenvalue weighted by atomic mass is 10.2. The highest BCUT2D eigenvalue weighted by molar-refractivity contribution is 7.98. The van der Waals surface area contributed by atoms with Crippen LogP contribution in [0.1, 0.15) is 24.4 Å². The van der Waals surface area contributed by atoms with E-state index >= 15 is 0 Å². The Morgan fingerprint density at radius 3 is 2.36 bits per heavy atom. The van der Waals surface area contributed by atoms with E-state index in [0.717, 1.165) is 27.4 Å². The Hall–Kier alpha value is -1.82. The van der Waals surface area contributed by atoms with Crippen molar-refractivity contribution in [1.82, 2.24) is 19.7 Å². The molecule has 25 heavy (non-hydrogen) atoms. The molecule has 0 bridgehead atoms. The summed E-state index contributed by atoms with van der Waals surface area (Å²) < 4.78 is 2.12. The van der Waals surface area contributed by atoms with Gasteiger partial charge in [0.2, 0.25) is 0 Å². The van der Waals surface area contributed by atoms with Crippen LogP contribution in [0, 0.1) is 0 Å². The molecule has 0 aliphatic heterocycles. The molecule has 6 heteroatoms. The smallest absolute Gasteiger partial charge is 0.196 e. The topological polar surface area (TPSA) is 34.0 Å². The SMILES string of the molecule is CC(c1nnc(SCc2ccccc2)n1-c1ccc(Cl)cc1)N(C)C. The van der Waals surface area contributed by atoms with E-state index < -0.39 is 0 Å². The summed E-state index contributed by atoms with van der Waals surface area (Å²) in [6, 6.07) is 18.3. The van der Waals surface area contributed by atoms with Crippen molar-refractivity contribution in [3.63, 3.8) is 0 Å². The van der Waals surface area contributed by atoms with Gasteiger partial charge < -0.3 is 0 Å². The molecule has 1 heterocycles. The summed E-state index contributed by atoms with van der Waals surface area (Å²) in [6.07, 6.45) is 0. The predicted octanol–water partition coefficient (Wildman–Crippen LogP) is 4.84. The van der Waals surface area contributed by atoms with Gasteiger partial charge >= 0.3 is 0 Å². The third kappa shape index (κ3) is 4.24. The van der Waals surface area contributed by atoms with E-state index in [4.69, 9.17) is 11.6 Å². The zero-order chi connectivity index (χ0) is 17.8. The number of benzene rings is 2. The van der Waals surface area contributed by atoms with E-state index in [-0.39, 0.29) is 6.04 Å². The molecule has 0 amide bonds. The van der Waals surface area contributed by atoms with Crippen molar-refractivity contribution in [2.45, 2.75) is 23.9 Å². The Labute approximate surface area is 157 Å². The average Bonchev–Trinajstić information content (AvgIpc) is 3.04. The molecule has 1 unspecified atom stereocenters. The van der Waals surface area contributed by atoms with Crippen LogP contribution in [0.5, 0.6) is 0 Å². The Kier molecular flexibility index (Phi) is 5.78. The van der Waals surface area contributed by atoms with Gasteiger partial charge in [-0.05, 0) is 50.8 Å². The maximum atomic E-state index is 6.05. The zero-order valence-electron chi connectivity index (χ0n) is 14.6. The third-order valence-electron chi connectivity index (χ3n) is 4.10. The average molecular weight is 373 g/mol. The second-order valence-electron chi connectivity index (χ2n) is 6.07.